The molecule has 1 N–H and O–H groups in total. The second kappa shape index (κ2) is 11.5. The molecule has 2 atom stereocenters. The Kier molecular flexibility index (Phi) is 9.04. The predicted octanol–water partition coefficient (Wildman–Crippen LogP) is 6.61. The van der Waals surface area contributed by atoms with Crippen LogP contribution >= 0.6 is 0 Å². The summed E-state index contributed by atoms with van der Waals surface area (Å²) < 4.78 is 10.3. The average Bonchev–Trinajstić information content (AvgIpc) is 3.27. The summed E-state index contributed by atoms with van der Waals surface area (Å²) in [5, 5.41) is 9.92. The van der Waals surface area contributed by atoms with Crippen LogP contribution in [0.3, 0.4) is 0 Å². The summed E-state index contributed by atoms with van der Waals surface area (Å²) in [7, 11) is 0. The number of hydrogen-bond donors (Lipinski definition) is 1. The third-order valence-electron chi connectivity index (χ3n) is 5.28. The standard InChI is InChI=1S/C25H34O4/c1-18(8-5-9-19(2)11-7-13-22-14-15-28-17-22)10-6-12-20(3)16-23-24(26)21(4)25(27)29-23/h5,8,11-12,14-15,17-18,23,26H,6-7,9-10,13,16H2,1-4H3/b8-5+,19-11+,20-12-/t18?,23-/m1/s1. The molecule has 158 valence electrons. The fourth-order valence-corrected chi connectivity index (χ4v) is 3.31. The summed E-state index contributed by atoms with van der Waals surface area (Å²) in [5.74, 6) is 0.176. The third kappa shape index (κ3) is 7.80. The number of aliphatic hydroxyl groups excluding tert-OH is 1. The second-order valence-corrected chi connectivity index (χ2v) is 8.07. The van der Waals surface area contributed by atoms with Gasteiger partial charge in [-0.3, -0.25) is 0 Å². The Hall–Kier alpha value is -2.49. The summed E-state index contributed by atoms with van der Waals surface area (Å²) in [6.07, 6.45) is 17.7. The molecule has 2 heterocycles. The van der Waals surface area contributed by atoms with Crippen LogP contribution in [0, 0.1) is 5.92 Å². The maximum Gasteiger partial charge on any atom is 0.338 e. The first-order valence-electron chi connectivity index (χ1n) is 10.5. The molecule has 1 aliphatic rings. The van der Waals surface area contributed by atoms with Gasteiger partial charge in [0, 0.05) is 6.42 Å². The summed E-state index contributed by atoms with van der Waals surface area (Å²) in [6, 6.07) is 2.02. The zero-order valence-corrected chi connectivity index (χ0v) is 18.1. The Morgan fingerprint density at radius 1 is 1.24 bits per heavy atom. The number of allylic oxidation sites excluding steroid dienone is 5. The first-order chi connectivity index (χ1) is 13.9. The lowest BCUT2D eigenvalue weighted by Crippen LogP contribution is -2.12. The molecule has 1 aliphatic heterocycles. The van der Waals surface area contributed by atoms with Gasteiger partial charge in [-0.15, -0.1) is 0 Å². The fourth-order valence-electron chi connectivity index (χ4n) is 3.31. The molecule has 0 aromatic carbocycles. The number of ether oxygens (including phenoxy) is 1. The van der Waals surface area contributed by atoms with Crippen molar-refractivity contribution in [1.82, 2.24) is 0 Å². The van der Waals surface area contributed by atoms with Gasteiger partial charge in [-0.25, -0.2) is 4.79 Å². The lowest BCUT2D eigenvalue weighted by Gasteiger charge is -2.11. The minimum atomic E-state index is -0.515. The van der Waals surface area contributed by atoms with Gasteiger partial charge in [0.15, 0.2) is 6.10 Å². The Balaban J connectivity index is 1.64. The van der Waals surface area contributed by atoms with Crippen LogP contribution in [0.4, 0.5) is 0 Å². The SMILES string of the molecule is CC1=C(O)[C@@H](C/C(C)=C\CCC(C)/C=C/C/C(C)=C/CCc2ccoc2)OC1=O. The van der Waals surface area contributed by atoms with Gasteiger partial charge >= 0.3 is 5.97 Å². The van der Waals surface area contributed by atoms with E-state index in [4.69, 9.17) is 9.15 Å². The summed E-state index contributed by atoms with van der Waals surface area (Å²) in [4.78, 5) is 11.5. The van der Waals surface area contributed by atoms with Crippen molar-refractivity contribution in [1.29, 1.82) is 0 Å². The molecule has 0 saturated heterocycles. The van der Waals surface area contributed by atoms with Crippen LogP contribution < -0.4 is 0 Å². The van der Waals surface area contributed by atoms with Gasteiger partial charge in [0.05, 0.1) is 18.1 Å². The Bertz CT molecular complexity index is 778. The van der Waals surface area contributed by atoms with Crippen LogP contribution in [0.25, 0.3) is 0 Å². The van der Waals surface area contributed by atoms with E-state index in [1.54, 1.807) is 13.2 Å². The highest BCUT2D eigenvalue weighted by Gasteiger charge is 2.31. The van der Waals surface area contributed by atoms with Crippen molar-refractivity contribution in [2.24, 2.45) is 5.92 Å². The molecule has 0 saturated carbocycles. The van der Waals surface area contributed by atoms with Gasteiger partial charge in [-0.1, -0.05) is 42.4 Å². The van der Waals surface area contributed by atoms with Crippen LogP contribution in [-0.4, -0.2) is 17.2 Å². The molecule has 1 unspecified atom stereocenters. The maximum absolute atomic E-state index is 11.5. The third-order valence-corrected chi connectivity index (χ3v) is 5.28. The van der Waals surface area contributed by atoms with E-state index in [1.807, 2.05) is 19.3 Å². The number of cyclic esters (lactones) is 1. The molecule has 4 heteroatoms. The predicted molar refractivity (Wildman–Crippen MR) is 117 cm³/mol. The molecule has 4 nitrogen and oxygen atoms in total. The Morgan fingerprint density at radius 2 is 2.00 bits per heavy atom. The van der Waals surface area contributed by atoms with Gasteiger partial charge in [0.2, 0.25) is 0 Å². The normalized spacial score (nSPS) is 19.3. The minimum Gasteiger partial charge on any atom is -0.508 e. The fraction of sp³-hybridized carbons (Fsp3) is 0.480. The van der Waals surface area contributed by atoms with Crippen LogP contribution in [0.2, 0.25) is 0 Å². The van der Waals surface area contributed by atoms with Crippen molar-refractivity contribution in [3.63, 3.8) is 0 Å². The van der Waals surface area contributed by atoms with Crippen molar-refractivity contribution >= 4 is 5.97 Å². The van der Waals surface area contributed by atoms with E-state index >= 15 is 0 Å². The first kappa shape index (κ1) is 22.8. The molecule has 0 bridgehead atoms. The van der Waals surface area contributed by atoms with Gasteiger partial charge in [0.25, 0.3) is 0 Å². The van der Waals surface area contributed by atoms with Crippen LogP contribution in [0.15, 0.2) is 69.8 Å². The lowest BCUT2D eigenvalue weighted by molar-refractivity contribution is -0.140. The van der Waals surface area contributed by atoms with E-state index < -0.39 is 12.1 Å². The van der Waals surface area contributed by atoms with Crippen LogP contribution in [-0.2, 0) is 16.0 Å². The van der Waals surface area contributed by atoms with E-state index in [1.165, 1.54) is 11.1 Å². The number of carbonyl (C=O) groups is 1. The summed E-state index contributed by atoms with van der Waals surface area (Å²) in [5.41, 5.74) is 4.10. The highest BCUT2D eigenvalue weighted by molar-refractivity contribution is 5.91. The molecular weight excluding hydrogens is 364 g/mol. The molecule has 0 fully saturated rings. The van der Waals surface area contributed by atoms with E-state index in [0.717, 1.165) is 37.7 Å². The largest absolute Gasteiger partial charge is 0.508 e. The minimum absolute atomic E-state index is 0.0761. The van der Waals surface area contributed by atoms with E-state index in [-0.39, 0.29) is 5.76 Å². The quantitative estimate of drug-likeness (QED) is 0.336. The van der Waals surface area contributed by atoms with E-state index in [0.29, 0.717) is 17.9 Å². The molecule has 1 aromatic heterocycles. The zero-order chi connectivity index (χ0) is 21.2. The molecule has 0 radical (unpaired) electrons. The molecule has 1 aromatic rings. The summed E-state index contributed by atoms with van der Waals surface area (Å²) >= 11 is 0. The molecule has 29 heavy (non-hydrogen) atoms. The zero-order valence-electron chi connectivity index (χ0n) is 18.1. The van der Waals surface area contributed by atoms with Gasteiger partial charge in [-0.2, -0.15) is 0 Å². The Labute approximate surface area is 174 Å². The number of aliphatic hydroxyl groups is 1. The summed E-state index contributed by atoms with van der Waals surface area (Å²) in [6.45, 7) is 8.03. The van der Waals surface area contributed by atoms with Crippen molar-refractivity contribution in [2.75, 3.05) is 0 Å². The second-order valence-electron chi connectivity index (χ2n) is 8.07. The number of carbonyl (C=O) groups excluding carboxylic acids is 1. The Morgan fingerprint density at radius 3 is 2.66 bits per heavy atom. The average molecular weight is 399 g/mol. The van der Waals surface area contributed by atoms with Gasteiger partial charge in [-0.05, 0) is 70.4 Å². The van der Waals surface area contributed by atoms with Crippen molar-refractivity contribution < 1.29 is 19.1 Å². The molecule has 0 spiro atoms. The number of rotatable bonds is 11. The highest BCUT2D eigenvalue weighted by atomic mass is 16.6. The van der Waals surface area contributed by atoms with Crippen LogP contribution in [0.5, 0.6) is 0 Å². The molecule has 2 rings (SSSR count). The number of esters is 1. The molecule has 0 amide bonds. The number of aryl methyl sites for hydroxylation is 1. The van der Waals surface area contributed by atoms with E-state index in [2.05, 4.69) is 38.2 Å². The van der Waals surface area contributed by atoms with Gasteiger partial charge in [0.1, 0.15) is 5.76 Å². The number of furan rings is 1. The smallest absolute Gasteiger partial charge is 0.338 e. The van der Waals surface area contributed by atoms with Gasteiger partial charge < -0.3 is 14.3 Å². The lowest BCUT2D eigenvalue weighted by atomic mass is 10.0. The first-order valence-corrected chi connectivity index (χ1v) is 10.5. The number of hydrogen-bond acceptors (Lipinski definition) is 4. The topological polar surface area (TPSA) is 59.7 Å². The van der Waals surface area contributed by atoms with E-state index in [9.17, 15) is 9.90 Å². The highest BCUT2D eigenvalue weighted by Crippen LogP contribution is 2.25. The maximum atomic E-state index is 11.5. The monoisotopic (exact) mass is 398 g/mol. The molecular formula is C25H34O4. The van der Waals surface area contributed by atoms with Crippen molar-refractivity contribution in [3.8, 4) is 0 Å². The van der Waals surface area contributed by atoms with Crippen molar-refractivity contribution in [2.45, 2.75) is 72.3 Å². The van der Waals surface area contributed by atoms with Crippen molar-refractivity contribution in [3.05, 3.63) is 70.9 Å². The van der Waals surface area contributed by atoms with Crippen LogP contribution in [0.1, 0.15) is 65.4 Å². The molecule has 0 aliphatic carbocycles.